The predicted octanol–water partition coefficient (Wildman–Crippen LogP) is 1.91. The van der Waals surface area contributed by atoms with Crippen LogP contribution in [0.5, 0.6) is 0 Å². The second kappa shape index (κ2) is 7.03. The van der Waals surface area contributed by atoms with Crippen molar-refractivity contribution in [3.63, 3.8) is 0 Å². The zero-order chi connectivity index (χ0) is 14.5. The highest BCUT2D eigenvalue weighted by atomic mass is 127. The normalized spacial score (nSPS) is 19.4. The van der Waals surface area contributed by atoms with E-state index in [1.54, 1.807) is 6.07 Å². The highest BCUT2D eigenvalue weighted by molar-refractivity contribution is 14.1. The Morgan fingerprint density at radius 3 is 2.75 bits per heavy atom. The topological polar surface area (TPSA) is 67.4 Å². The number of anilines is 1. The third kappa shape index (κ3) is 3.92. The molecule has 1 aliphatic rings. The molecule has 0 saturated carbocycles. The van der Waals surface area contributed by atoms with Crippen LogP contribution in [0.3, 0.4) is 0 Å². The predicted molar refractivity (Wildman–Crippen MR) is 84.4 cm³/mol. The van der Waals surface area contributed by atoms with E-state index in [1.165, 1.54) is 0 Å². The summed E-state index contributed by atoms with van der Waals surface area (Å²) >= 11 is 2.11. The lowest BCUT2D eigenvalue weighted by Gasteiger charge is -2.19. The highest BCUT2D eigenvalue weighted by Gasteiger charge is 2.25. The van der Waals surface area contributed by atoms with Crippen molar-refractivity contribution >= 4 is 40.1 Å². The monoisotopic (exact) mass is 388 g/mol. The van der Waals surface area contributed by atoms with Crippen molar-refractivity contribution < 1.29 is 14.3 Å². The summed E-state index contributed by atoms with van der Waals surface area (Å²) in [5.41, 5.74) is 0.637. The molecule has 2 amide bonds. The molecule has 1 saturated heterocycles. The summed E-state index contributed by atoms with van der Waals surface area (Å²) in [7, 11) is 0. The number of amides is 2. The van der Waals surface area contributed by atoms with Crippen molar-refractivity contribution in [2.45, 2.75) is 31.9 Å². The maximum absolute atomic E-state index is 11.8. The summed E-state index contributed by atoms with van der Waals surface area (Å²) in [5, 5.41) is 5.29. The minimum absolute atomic E-state index is 0.00334. The lowest BCUT2D eigenvalue weighted by atomic mass is 10.1. The number of rotatable bonds is 3. The fourth-order valence-electron chi connectivity index (χ4n) is 2.10. The van der Waals surface area contributed by atoms with Crippen LogP contribution in [0.1, 0.15) is 19.8 Å². The van der Waals surface area contributed by atoms with Gasteiger partial charge in [-0.25, -0.2) is 0 Å². The Balaban J connectivity index is 1.89. The van der Waals surface area contributed by atoms with Crippen LogP contribution in [0.2, 0.25) is 0 Å². The van der Waals surface area contributed by atoms with E-state index in [-0.39, 0.29) is 12.1 Å². The van der Waals surface area contributed by atoms with Crippen molar-refractivity contribution in [1.82, 2.24) is 5.32 Å². The van der Waals surface area contributed by atoms with Crippen molar-refractivity contribution in [1.29, 1.82) is 0 Å². The molecule has 1 heterocycles. The molecule has 0 aromatic heterocycles. The summed E-state index contributed by atoms with van der Waals surface area (Å²) < 4.78 is 6.37. The van der Waals surface area contributed by atoms with Crippen LogP contribution in [0, 0.1) is 3.57 Å². The first-order valence-corrected chi connectivity index (χ1v) is 7.64. The Labute approximate surface area is 131 Å². The first-order chi connectivity index (χ1) is 9.58. The Morgan fingerprint density at radius 1 is 1.35 bits per heavy atom. The fraction of sp³-hybridized carbons (Fsp3) is 0.429. The molecular weight excluding hydrogens is 371 g/mol. The molecule has 0 aliphatic carbocycles. The number of hydrogen-bond acceptors (Lipinski definition) is 3. The number of para-hydroxylation sites is 1. The summed E-state index contributed by atoms with van der Waals surface area (Å²) in [6.07, 6.45) is 1.92. The molecule has 0 unspecified atom stereocenters. The number of nitrogens with one attached hydrogen (secondary N) is 2. The molecule has 1 aromatic rings. The fourth-order valence-corrected chi connectivity index (χ4v) is 2.63. The summed E-state index contributed by atoms with van der Waals surface area (Å²) in [6.45, 7) is 2.58. The van der Waals surface area contributed by atoms with Crippen LogP contribution in [0.4, 0.5) is 5.69 Å². The van der Waals surface area contributed by atoms with Gasteiger partial charge in [0, 0.05) is 10.2 Å². The van der Waals surface area contributed by atoms with E-state index in [0.717, 1.165) is 23.0 Å². The molecular formula is C14H17IN2O3. The van der Waals surface area contributed by atoms with Crippen LogP contribution in [-0.2, 0) is 14.3 Å². The lowest BCUT2D eigenvalue weighted by Crippen LogP contribution is -2.45. The van der Waals surface area contributed by atoms with Crippen LogP contribution in [0.25, 0.3) is 0 Å². The summed E-state index contributed by atoms with van der Waals surface area (Å²) in [4.78, 5) is 23.7. The molecule has 5 nitrogen and oxygen atoms in total. The number of ether oxygens (including phenoxy) is 1. The van der Waals surface area contributed by atoms with E-state index in [0.29, 0.717) is 5.69 Å². The summed E-state index contributed by atoms with van der Waals surface area (Å²) in [6, 6.07) is 7.15. The van der Waals surface area contributed by atoms with E-state index in [1.807, 2.05) is 25.1 Å². The average molecular weight is 388 g/mol. The van der Waals surface area contributed by atoms with Gasteiger partial charge >= 0.3 is 11.8 Å². The maximum atomic E-state index is 11.8. The van der Waals surface area contributed by atoms with Gasteiger partial charge < -0.3 is 15.4 Å². The van der Waals surface area contributed by atoms with Gasteiger partial charge in [-0.15, -0.1) is 0 Å². The Kier molecular flexibility index (Phi) is 5.36. The molecule has 2 atom stereocenters. The van der Waals surface area contributed by atoms with E-state index in [2.05, 4.69) is 33.2 Å². The minimum Gasteiger partial charge on any atom is -0.376 e. The van der Waals surface area contributed by atoms with E-state index in [4.69, 9.17) is 4.74 Å². The maximum Gasteiger partial charge on any atom is 0.313 e. The molecule has 0 spiro atoms. The van der Waals surface area contributed by atoms with Gasteiger partial charge in [-0.2, -0.15) is 0 Å². The molecule has 1 aliphatic heterocycles. The first-order valence-electron chi connectivity index (χ1n) is 6.56. The molecule has 20 heavy (non-hydrogen) atoms. The van der Waals surface area contributed by atoms with E-state index < -0.39 is 11.8 Å². The largest absolute Gasteiger partial charge is 0.376 e. The molecule has 2 N–H and O–H groups in total. The zero-order valence-corrected chi connectivity index (χ0v) is 13.3. The second-order valence-electron chi connectivity index (χ2n) is 4.75. The van der Waals surface area contributed by atoms with Gasteiger partial charge in [-0.3, -0.25) is 9.59 Å². The lowest BCUT2D eigenvalue weighted by molar-refractivity contribution is -0.137. The number of benzene rings is 1. The number of carbonyl (C=O) groups excluding carboxylic acids is 2. The van der Waals surface area contributed by atoms with Crippen LogP contribution < -0.4 is 10.6 Å². The standard InChI is InChI=1S/C14H17IN2O3/c1-9(12-7-4-8-20-12)16-13(18)14(19)17-11-6-3-2-5-10(11)15/h2-3,5-6,9,12H,4,7-8H2,1H3,(H,16,18)(H,17,19)/t9-,12+/m0/s1. The molecule has 108 valence electrons. The third-order valence-corrected chi connectivity index (χ3v) is 4.15. The first kappa shape index (κ1) is 15.2. The average Bonchev–Trinajstić information content (AvgIpc) is 2.95. The van der Waals surface area contributed by atoms with Crippen molar-refractivity contribution in [3.8, 4) is 0 Å². The third-order valence-electron chi connectivity index (χ3n) is 3.21. The van der Waals surface area contributed by atoms with E-state index >= 15 is 0 Å². The Hall–Kier alpha value is -1.15. The van der Waals surface area contributed by atoms with Crippen molar-refractivity contribution in [3.05, 3.63) is 27.8 Å². The van der Waals surface area contributed by atoms with Gasteiger partial charge in [0.05, 0.1) is 17.8 Å². The van der Waals surface area contributed by atoms with Gasteiger partial charge in [-0.1, -0.05) is 12.1 Å². The van der Waals surface area contributed by atoms with Gasteiger partial charge in [-0.05, 0) is 54.5 Å². The second-order valence-corrected chi connectivity index (χ2v) is 5.91. The van der Waals surface area contributed by atoms with Crippen molar-refractivity contribution in [2.75, 3.05) is 11.9 Å². The van der Waals surface area contributed by atoms with Gasteiger partial charge in [0.1, 0.15) is 0 Å². The SMILES string of the molecule is C[C@H](NC(=O)C(=O)Nc1ccccc1I)[C@H]1CCCO1. The molecule has 1 fully saturated rings. The van der Waals surface area contributed by atoms with E-state index in [9.17, 15) is 9.59 Å². The van der Waals surface area contributed by atoms with Crippen LogP contribution >= 0.6 is 22.6 Å². The minimum atomic E-state index is -0.654. The molecule has 1 aromatic carbocycles. The van der Waals surface area contributed by atoms with Gasteiger partial charge in [0.25, 0.3) is 0 Å². The number of carbonyl (C=O) groups is 2. The zero-order valence-electron chi connectivity index (χ0n) is 11.2. The Bertz CT molecular complexity index is 501. The van der Waals surface area contributed by atoms with Gasteiger partial charge in [0.2, 0.25) is 0 Å². The molecule has 0 bridgehead atoms. The summed E-state index contributed by atoms with van der Waals surface area (Å²) in [5.74, 6) is -1.29. The van der Waals surface area contributed by atoms with Crippen molar-refractivity contribution in [2.24, 2.45) is 0 Å². The molecule has 0 radical (unpaired) electrons. The highest BCUT2D eigenvalue weighted by Crippen LogP contribution is 2.17. The number of hydrogen-bond donors (Lipinski definition) is 2. The van der Waals surface area contributed by atoms with Crippen LogP contribution in [0.15, 0.2) is 24.3 Å². The molecule has 6 heteroatoms. The van der Waals surface area contributed by atoms with Crippen LogP contribution in [-0.4, -0.2) is 30.6 Å². The smallest absolute Gasteiger partial charge is 0.313 e. The number of halogens is 1. The van der Waals surface area contributed by atoms with Gasteiger partial charge in [0.15, 0.2) is 0 Å². The quantitative estimate of drug-likeness (QED) is 0.614. The molecule has 2 rings (SSSR count). The Morgan fingerprint density at radius 2 is 2.10 bits per heavy atom.